The molecule has 182 valence electrons. The molecule has 2 aromatic heterocycles. The number of alkyl halides is 3. The van der Waals surface area contributed by atoms with Crippen molar-refractivity contribution in [2.24, 2.45) is 11.8 Å². The van der Waals surface area contributed by atoms with Gasteiger partial charge in [-0.2, -0.15) is 13.2 Å². The van der Waals surface area contributed by atoms with Crippen LogP contribution in [-0.2, 0) is 6.18 Å². The zero-order chi connectivity index (χ0) is 24.6. The number of anilines is 1. The summed E-state index contributed by atoms with van der Waals surface area (Å²) in [4.78, 5) is 15.1. The highest BCUT2D eigenvalue weighted by atomic mass is 32.1. The zero-order valence-corrected chi connectivity index (χ0v) is 20.6. The van der Waals surface area contributed by atoms with Crippen molar-refractivity contribution in [1.29, 1.82) is 0 Å². The van der Waals surface area contributed by atoms with Gasteiger partial charge in [0.1, 0.15) is 11.0 Å². The minimum atomic E-state index is -4.42. The number of nitrogens with one attached hydrogen (secondary N) is 2. The van der Waals surface area contributed by atoms with Gasteiger partial charge in [0, 0.05) is 22.3 Å². The van der Waals surface area contributed by atoms with Gasteiger partial charge in [-0.3, -0.25) is 4.79 Å². The maximum atomic E-state index is 13.6. The molecule has 1 amide bonds. The Hall–Kier alpha value is -2.58. The van der Waals surface area contributed by atoms with Gasteiger partial charge in [-0.1, -0.05) is 26.0 Å². The molecule has 8 heteroatoms. The van der Waals surface area contributed by atoms with E-state index in [9.17, 15) is 18.0 Å². The Labute approximate surface area is 201 Å². The number of carbonyl (C=O) groups is 1. The van der Waals surface area contributed by atoms with Crippen LogP contribution in [0.1, 0.15) is 64.0 Å². The first-order valence-electron chi connectivity index (χ1n) is 11.5. The van der Waals surface area contributed by atoms with Gasteiger partial charge in [0.05, 0.1) is 30.5 Å². The number of benzene rings is 1. The monoisotopic (exact) mass is 491 g/mol. The molecule has 3 aromatic rings. The topological polar surface area (TPSA) is 46.7 Å². The van der Waals surface area contributed by atoms with Gasteiger partial charge < -0.3 is 14.6 Å². The summed E-state index contributed by atoms with van der Waals surface area (Å²) in [7, 11) is 0. The van der Waals surface area contributed by atoms with Crippen molar-refractivity contribution in [3.05, 3.63) is 75.6 Å². The van der Waals surface area contributed by atoms with E-state index in [0.29, 0.717) is 22.4 Å². The lowest BCUT2D eigenvalue weighted by atomic mass is 9.87. The van der Waals surface area contributed by atoms with Crippen LogP contribution in [0.2, 0.25) is 0 Å². The average Bonchev–Trinajstić information content (AvgIpc) is 3.38. The van der Waals surface area contributed by atoms with E-state index in [1.54, 1.807) is 18.2 Å². The molecule has 0 aliphatic carbocycles. The maximum absolute atomic E-state index is 13.6. The highest BCUT2D eigenvalue weighted by molar-refractivity contribution is 7.16. The Bertz CT molecular complexity index is 1140. The number of furan rings is 1. The number of thiophene rings is 1. The number of rotatable bonds is 5. The fourth-order valence-electron chi connectivity index (χ4n) is 5.23. The zero-order valence-electron chi connectivity index (χ0n) is 19.8. The predicted octanol–water partition coefficient (Wildman–Crippen LogP) is 5.88. The standard InChI is InChI=1S/C26H29F3N2O2S/c1-15-11-16(2)14-31(13-15)23(19-7-5-8-20(12-19)26(27,28)29)22-17(3)18(4)34-25(22)30-24(32)21-9-6-10-33-21/h5-10,12,15-16,23H,11,13-14H2,1-4H3,(H,30,32)/p+1/t15-,16-,23-/m1/s1. The number of aryl methyl sites for hydroxylation is 1. The predicted molar refractivity (Wildman–Crippen MR) is 127 cm³/mol. The van der Waals surface area contributed by atoms with E-state index < -0.39 is 11.7 Å². The molecular weight excluding hydrogens is 461 g/mol. The van der Waals surface area contributed by atoms with Crippen molar-refractivity contribution in [3.63, 3.8) is 0 Å². The van der Waals surface area contributed by atoms with E-state index in [-0.39, 0.29) is 17.7 Å². The van der Waals surface area contributed by atoms with Crippen LogP contribution >= 0.6 is 11.3 Å². The van der Waals surface area contributed by atoms with E-state index in [2.05, 4.69) is 19.2 Å². The molecule has 3 atom stereocenters. The van der Waals surface area contributed by atoms with Crippen molar-refractivity contribution >= 4 is 22.2 Å². The van der Waals surface area contributed by atoms with Crippen LogP contribution in [0.3, 0.4) is 0 Å². The van der Waals surface area contributed by atoms with E-state index in [1.807, 2.05) is 13.8 Å². The van der Waals surface area contributed by atoms with Crippen molar-refractivity contribution in [3.8, 4) is 0 Å². The van der Waals surface area contributed by atoms with Gasteiger partial charge in [0.2, 0.25) is 0 Å². The molecule has 4 nitrogen and oxygen atoms in total. The molecule has 1 saturated heterocycles. The summed E-state index contributed by atoms with van der Waals surface area (Å²) < 4.78 is 46.1. The van der Waals surface area contributed by atoms with Gasteiger partial charge in [-0.15, -0.1) is 11.3 Å². The van der Waals surface area contributed by atoms with Crippen LogP contribution < -0.4 is 10.2 Å². The van der Waals surface area contributed by atoms with Crippen LogP contribution in [0.5, 0.6) is 0 Å². The summed E-state index contributed by atoms with van der Waals surface area (Å²) >= 11 is 1.46. The van der Waals surface area contributed by atoms with Crippen molar-refractivity contribution in [2.75, 3.05) is 18.4 Å². The summed E-state index contributed by atoms with van der Waals surface area (Å²) in [6.07, 6.45) is -1.89. The van der Waals surface area contributed by atoms with E-state index in [4.69, 9.17) is 4.42 Å². The maximum Gasteiger partial charge on any atom is 0.416 e. The number of hydrogen-bond acceptors (Lipinski definition) is 3. The second-order valence-corrected chi connectivity index (χ2v) is 10.8. The van der Waals surface area contributed by atoms with E-state index in [0.717, 1.165) is 41.6 Å². The summed E-state index contributed by atoms with van der Waals surface area (Å²) in [5, 5.41) is 3.65. The van der Waals surface area contributed by atoms with Crippen LogP contribution in [0.25, 0.3) is 0 Å². The number of quaternary nitrogens is 1. The number of amides is 1. The van der Waals surface area contributed by atoms with Crippen LogP contribution in [0, 0.1) is 25.7 Å². The smallest absolute Gasteiger partial charge is 0.416 e. The Kier molecular flexibility index (Phi) is 6.92. The molecule has 1 aliphatic heterocycles. The van der Waals surface area contributed by atoms with Gasteiger partial charge in [0.15, 0.2) is 5.76 Å². The fraction of sp³-hybridized carbons (Fsp3) is 0.423. The molecule has 0 unspecified atom stereocenters. The lowest BCUT2D eigenvalue weighted by Crippen LogP contribution is -3.14. The van der Waals surface area contributed by atoms with Gasteiger partial charge >= 0.3 is 6.18 Å². The first kappa shape index (κ1) is 24.5. The molecule has 0 bridgehead atoms. The van der Waals surface area contributed by atoms with E-state index >= 15 is 0 Å². The van der Waals surface area contributed by atoms with Crippen LogP contribution in [-0.4, -0.2) is 19.0 Å². The first-order chi connectivity index (χ1) is 16.0. The summed E-state index contributed by atoms with van der Waals surface area (Å²) in [6.45, 7) is 10.1. The summed E-state index contributed by atoms with van der Waals surface area (Å²) in [5.74, 6) is 0.727. The summed E-state index contributed by atoms with van der Waals surface area (Å²) in [6, 6.07) is 8.55. The third kappa shape index (κ3) is 5.08. The number of halogens is 3. The Morgan fingerprint density at radius 1 is 1.15 bits per heavy atom. The number of carbonyl (C=O) groups excluding carboxylic acids is 1. The van der Waals surface area contributed by atoms with Crippen LogP contribution in [0.4, 0.5) is 18.2 Å². The average molecular weight is 492 g/mol. The minimum Gasteiger partial charge on any atom is -0.459 e. The molecular formula is C26H30F3N2O2S+. The van der Waals surface area contributed by atoms with Crippen molar-refractivity contribution < 1.29 is 27.3 Å². The fourth-order valence-corrected chi connectivity index (χ4v) is 6.32. The molecule has 0 saturated carbocycles. The molecule has 4 rings (SSSR count). The SMILES string of the molecule is Cc1sc(NC(=O)c2ccco2)c([C@@H](c2cccc(C(F)(F)F)c2)[NH+]2C[C@H](C)C[C@@H](C)C2)c1C. The molecule has 1 aliphatic rings. The second-order valence-electron chi connectivity index (χ2n) is 9.53. The lowest BCUT2D eigenvalue weighted by Gasteiger charge is -2.38. The lowest BCUT2D eigenvalue weighted by molar-refractivity contribution is -0.937. The van der Waals surface area contributed by atoms with Gasteiger partial charge in [0.25, 0.3) is 5.91 Å². The van der Waals surface area contributed by atoms with Crippen molar-refractivity contribution in [1.82, 2.24) is 0 Å². The third-order valence-corrected chi connectivity index (χ3v) is 7.81. The molecule has 0 spiro atoms. The first-order valence-corrected chi connectivity index (χ1v) is 12.3. The third-order valence-electron chi connectivity index (χ3n) is 6.67. The van der Waals surface area contributed by atoms with Gasteiger partial charge in [-0.25, -0.2) is 0 Å². The minimum absolute atomic E-state index is 0.192. The van der Waals surface area contributed by atoms with Crippen molar-refractivity contribution in [2.45, 2.75) is 46.3 Å². The van der Waals surface area contributed by atoms with E-state index in [1.165, 1.54) is 34.6 Å². The van der Waals surface area contributed by atoms with Gasteiger partial charge in [-0.05, 0) is 50.1 Å². The Morgan fingerprint density at radius 3 is 2.47 bits per heavy atom. The Morgan fingerprint density at radius 2 is 1.85 bits per heavy atom. The largest absolute Gasteiger partial charge is 0.459 e. The molecule has 0 radical (unpaired) electrons. The Balaban J connectivity index is 1.84. The molecule has 1 aromatic carbocycles. The quantitative estimate of drug-likeness (QED) is 0.468. The number of hydrogen-bond donors (Lipinski definition) is 2. The highest BCUT2D eigenvalue weighted by Gasteiger charge is 2.38. The second kappa shape index (κ2) is 9.58. The molecule has 34 heavy (non-hydrogen) atoms. The summed E-state index contributed by atoms with van der Waals surface area (Å²) in [5.41, 5.74) is 1.84. The normalized spacial score (nSPS) is 21.9. The molecule has 1 fully saturated rings. The molecule has 3 heterocycles. The number of likely N-dealkylation sites (tertiary alicyclic amines) is 1. The highest BCUT2D eigenvalue weighted by Crippen LogP contribution is 2.40. The van der Waals surface area contributed by atoms with Crippen LogP contribution in [0.15, 0.2) is 47.1 Å². The number of piperidine rings is 1. The molecule has 2 N–H and O–H groups in total.